The van der Waals surface area contributed by atoms with E-state index in [0.717, 1.165) is 48.1 Å². The van der Waals surface area contributed by atoms with Gasteiger partial charge in [-0.15, -0.1) is 0 Å². The van der Waals surface area contributed by atoms with Crippen LogP contribution in [0, 0.1) is 0 Å². The van der Waals surface area contributed by atoms with Crippen LogP contribution in [0.15, 0.2) is 53.0 Å². The fourth-order valence-corrected chi connectivity index (χ4v) is 3.41. The van der Waals surface area contributed by atoms with E-state index < -0.39 is 0 Å². The molecule has 2 N–H and O–H groups in total. The molecule has 2 aromatic rings. The first kappa shape index (κ1) is 19.1. The second-order valence-corrected chi connectivity index (χ2v) is 7.82. The van der Waals surface area contributed by atoms with E-state index in [9.17, 15) is 9.90 Å². The van der Waals surface area contributed by atoms with Crippen LogP contribution in [0.5, 0.6) is 0 Å². The van der Waals surface area contributed by atoms with Crippen molar-refractivity contribution in [3.8, 4) is 0 Å². The van der Waals surface area contributed by atoms with Crippen LogP contribution in [0.1, 0.15) is 29.5 Å². The molecule has 2 aromatic carbocycles. The smallest absolute Gasteiger partial charge is 0.224 e. The Hall–Kier alpha value is -1.69. The number of amides is 1. The predicted octanol–water partition coefficient (Wildman–Crippen LogP) is 3.26. The van der Waals surface area contributed by atoms with E-state index in [-0.39, 0.29) is 12.0 Å². The lowest BCUT2D eigenvalue weighted by molar-refractivity contribution is -0.120. The summed E-state index contributed by atoms with van der Waals surface area (Å²) in [7, 11) is 0. The highest BCUT2D eigenvalue weighted by atomic mass is 79.9. The third-order valence-corrected chi connectivity index (χ3v) is 5.28. The number of aliphatic hydroxyl groups excluding tert-OH is 1. The van der Waals surface area contributed by atoms with E-state index in [1.165, 1.54) is 5.56 Å². The molecule has 138 valence electrons. The zero-order valence-electron chi connectivity index (χ0n) is 14.8. The number of hydrogen-bond acceptors (Lipinski definition) is 3. The number of piperidine rings is 1. The summed E-state index contributed by atoms with van der Waals surface area (Å²) in [5.74, 6) is 0.0308. The molecule has 0 saturated carbocycles. The van der Waals surface area contributed by atoms with Gasteiger partial charge < -0.3 is 10.4 Å². The second kappa shape index (κ2) is 9.31. The third-order valence-electron chi connectivity index (χ3n) is 4.75. The summed E-state index contributed by atoms with van der Waals surface area (Å²) in [6.07, 6.45) is 1.99. The minimum absolute atomic E-state index is 0.0308. The van der Waals surface area contributed by atoms with Crippen LogP contribution in [-0.2, 0) is 24.3 Å². The Kier molecular flexibility index (Phi) is 6.83. The summed E-state index contributed by atoms with van der Waals surface area (Å²) in [6.45, 7) is 3.37. The molecular formula is C21H25BrN2O2. The van der Waals surface area contributed by atoms with Gasteiger partial charge in [0.25, 0.3) is 0 Å². The molecule has 0 atom stereocenters. The Morgan fingerprint density at radius 1 is 1.00 bits per heavy atom. The van der Waals surface area contributed by atoms with Gasteiger partial charge in [-0.25, -0.2) is 0 Å². The Bertz CT molecular complexity index is 708. The predicted molar refractivity (Wildman–Crippen MR) is 107 cm³/mol. The molecule has 0 radical (unpaired) electrons. The number of aliphatic hydroxyl groups is 1. The summed E-state index contributed by atoms with van der Waals surface area (Å²) in [6, 6.07) is 16.2. The largest absolute Gasteiger partial charge is 0.393 e. The highest BCUT2D eigenvalue weighted by Gasteiger charge is 2.16. The molecule has 1 amide bonds. The lowest BCUT2D eigenvalue weighted by Gasteiger charge is -2.29. The SMILES string of the molecule is O=C(Cc1ccc(Br)cc1)NCc1ccc(CN2CCC(O)CC2)cc1. The number of carbonyl (C=O) groups excluding carboxylic acids is 1. The molecule has 1 fully saturated rings. The fourth-order valence-electron chi connectivity index (χ4n) is 3.15. The molecule has 1 aliphatic rings. The van der Waals surface area contributed by atoms with Crippen molar-refractivity contribution in [2.45, 2.75) is 38.5 Å². The maximum absolute atomic E-state index is 12.1. The van der Waals surface area contributed by atoms with Gasteiger partial charge in [0.15, 0.2) is 0 Å². The van der Waals surface area contributed by atoms with Crippen molar-refractivity contribution < 1.29 is 9.90 Å². The van der Waals surface area contributed by atoms with Gasteiger partial charge in [0.2, 0.25) is 5.91 Å². The molecule has 1 heterocycles. The molecule has 0 aromatic heterocycles. The van der Waals surface area contributed by atoms with Crippen LogP contribution in [0.2, 0.25) is 0 Å². The normalized spacial score (nSPS) is 15.8. The quantitative estimate of drug-likeness (QED) is 0.759. The molecule has 4 nitrogen and oxygen atoms in total. The summed E-state index contributed by atoms with van der Waals surface area (Å²) < 4.78 is 1.02. The Morgan fingerprint density at radius 2 is 1.58 bits per heavy atom. The number of benzene rings is 2. The number of nitrogens with zero attached hydrogens (tertiary/aromatic N) is 1. The molecule has 0 spiro atoms. The molecule has 0 bridgehead atoms. The van der Waals surface area contributed by atoms with E-state index in [1.54, 1.807) is 0 Å². The van der Waals surface area contributed by atoms with E-state index >= 15 is 0 Å². The van der Waals surface area contributed by atoms with E-state index in [1.807, 2.05) is 24.3 Å². The lowest BCUT2D eigenvalue weighted by Crippen LogP contribution is -2.35. The van der Waals surface area contributed by atoms with Crippen molar-refractivity contribution >= 4 is 21.8 Å². The molecule has 1 saturated heterocycles. The van der Waals surface area contributed by atoms with Crippen LogP contribution in [-0.4, -0.2) is 35.1 Å². The number of likely N-dealkylation sites (tertiary alicyclic amines) is 1. The average Bonchev–Trinajstić information content (AvgIpc) is 2.65. The molecule has 5 heteroatoms. The van der Waals surface area contributed by atoms with Crippen LogP contribution >= 0.6 is 15.9 Å². The molecule has 3 rings (SSSR count). The Balaban J connectivity index is 1.43. The van der Waals surface area contributed by atoms with Gasteiger partial charge in [0.1, 0.15) is 0 Å². The molecule has 0 unspecified atom stereocenters. The van der Waals surface area contributed by atoms with Crippen LogP contribution in [0.3, 0.4) is 0 Å². The van der Waals surface area contributed by atoms with Gasteiger partial charge in [0, 0.05) is 30.7 Å². The highest BCUT2D eigenvalue weighted by Crippen LogP contribution is 2.14. The summed E-state index contributed by atoms with van der Waals surface area (Å²) in [5, 5.41) is 12.6. The average molecular weight is 417 g/mol. The summed E-state index contributed by atoms with van der Waals surface area (Å²) >= 11 is 3.40. The standard InChI is InChI=1S/C21H25BrN2O2/c22-19-7-5-16(6-8-19)13-21(26)23-14-17-1-3-18(4-2-17)15-24-11-9-20(25)10-12-24/h1-8,20,25H,9-15H2,(H,23,26). The zero-order valence-corrected chi connectivity index (χ0v) is 16.4. The highest BCUT2D eigenvalue weighted by molar-refractivity contribution is 9.10. The monoisotopic (exact) mass is 416 g/mol. The summed E-state index contributed by atoms with van der Waals surface area (Å²) in [5.41, 5.74) is 3.38. The maximum Gasteiger partial charge on any atom is 0.224 e. The molecular weight excluding hydrogens is 392 g/mol. The van der Waals surface area contributed by atoms with Gasteiger partial charge in [-0.05, 0) is 41.7 Å². The van der Waals surface area contributed by atoms with Crippen LogP contribution in [0.25, 0.3) is 0 Å². The Labute approximate surface area is 163 Å². The van der Waals surface area contributed by atoms with Gasteiger partial charge >= 0.3 is 0 Å². The third kappa shape index (κ3) is 5.94. The van der Waals surface area contributed by atoms with E-state index in [4.69, 9.17) is 0 Å². The van der Waals surface area contributed by atoms with Crippen LogP contribution in [0.4, 0.5) is 0 Å². The van der Waals surface area contributed by atoms with Crippen molar-refractivity contribution in [3.05, 3.63) is 69.7 Å². The minimum atomic E-state index is -0.130. The number of halogens is 1. The fraction of sp³-hybridized carbons (Fsp3) is 0.381. The number of rotatable bonds is 6. The first-order valence-corrected chi connectivity index (χ1v) is 9.87. The second-order valence-electron chi connectivity index (χ2n) is 6.90. The van der Waals surface area contributed by atoms with Gasteiger partial charge in [-0.3, -0.25) is 9.69 Å². The van der Waals surface area contributed by atoms with Crippen molar-refractivity contribution in [2.24, 2.45) is 0 Å². The minimum Gasteiger partial charge on any atom is -0.393 e. The number of hydrogen-bond donors (Lipinski definition) is 2. The molecule has 0 aliphatic carbocycles. The first-order chi connectivity index (χ1) is 12.6. The van der Waals surface area contributed by atoms with Gasteiger partial charge in [-0.2, -0.15) is 0 Å². The van der Waals surface area contributed by atoms with Crippen molar-refractivity contribution in [1.29, 1.82) is 0 Å². The number of nitrogens with one attached hydrogen (secondary N) is 1. The van der Waals surface area contributed by atoms with Crippen molar-refractivity contribution in [3.63, 3.8) is 0 Å². The molecule has 1 aliphatic heterocycles. The van der Waals surface area contributed by atoms with Crippen LogP contribution < -0.4 is 5.32 Å². The zero-order chi connectivity index (χ0) is 18.4. The summed E-state index contributed by atoms with van der Waals surface area (Å²) in [4.78, 5) is 14.5. The van der Waals surface area contributed by atoms with Gasteiger partial charge in [0.05, 0.1) is 12.5 Å². The number of carbonyl (C=O) groups is 1. The van der Waals surface area contributed by atoms with Crippen molar-refractivity contribution in [1.82, 2.24) is 10.2 Å². The molecule has 26 heavy (non-hydrogen) atoms. The van der Waals surface area contributed by atoms with Crippen molar-refractivity contribution in [2.75, 3.05) is 13.1 Å². The maximum atomic E-state index is 12.1. The topological polar surface area (TPSA) is 52.6 Å². The van der Waals surface area contributed by atoms with E-state index in [2.05, 4.69) is 50.4 Å². The lowest BCUT2D eigenvalue weighted by atomic mass is 10.1. The van der Waals surface area contributed by atoms with Gasteiger partial charge in [-0.1, -0.05) is 52.3 Å². The first-order valence-electron chi connectivity index (χ1n) is 9.08. The van der Waals surface area contributed by atoms with E-state index in [0.29, 0.717) is 13.0 Å². The Morgan fingerprint density at radius 3 is 2.23 bits per heavy atom.